The number of benzene rings is 1. The maximum absolute atomic E-state index is 13.5. The molecule has 0 aliphatic carbocycles. The van der Waals surface area contributed by atoms with Crippen molar-refractivity contribution in [3.05, 3.63) is 50.5 Å². The zero-order chi connectivity index (χ0) is 14.5. The number of thiophene rings is 1. The van der Waals surface area contributed by atoms with E-state index >= 15 is 0 Å². The third-order valence-electron chi connectivity index (χ3n) is 2.78. The second-order valence-electron chi connectivity index (χ2n) is 4.07. The molecule has 20 heavy (non-hydrogen) atoms. The van der Waals surface area contributed by atoms with Crippen LogP contribution < -0.4 is 10.1 Å². The summed E-state index contributed by atoms with van der Waals surface area (Å²) in [6.45, 7) is 0.520. The molecule has 1 aromatic heterocycles. The maximum Gasteiger partial charge on any atom is 0.295 e. The molecule has 0 atom stereocenters. The Balaban J connectivity index is 2.14. The first-order chi connectivity index (χ1) is 9.61. The van der Waals surface area contributed by atoms with Crippen molar-refractivity contribution in [1.29, 1.82) is 0 Å². The van der Waals surface area contributed by atoms with Gasteiger partial charge in [0.05, 0.1) is 18.1 Å². The van der Waals surface area contributed by atoms with Gasteiger partial charge in [0.1, 0.15) is 5.69 Å². The number of methoxy groups -OCH3 is 1. The Hall–Kier alpha value is -2.15. The topological polar surface area (TPSA) is 64.4 Å². The number of rotatable bonds is 6. The number of hydrogen-bond donors (Lipinski definition) is 1. The Kier molecular flexibility index (Phi) is 4.52. The van der Waals surface area contributed by atoms with Crippen LogP contribution in [0.3, 0.4) is 0 Å². The third kappa shape index (κ3) is 3.24. The molecule has 106 valence electrons. The second-order valence-corrected chi connectivity index (χ2v) is 4.85. The highest BCUT2D eigenvalue weighted by molar-refractivity contribution is 7.07. The number of hydrogen-bond acceptors (Lipinski definition) is 5. The van der Waals surface area contributed by atoms with E-state index in [-0.39, 0.29) is 17.1 Å². The minimum Gasteiger partial charge on any atom is -0.494 e. The Morgan fingerprint density at radius 2 is 2.30 bits per heavy atom. The van der Waals surface area contributed by atoms with Crippen molar-refractivity contribution in [2.75, 3.05) is 19.0 Å². The van der Waals surface area contributed by atoms with Crippen LogP contribution in [-0.4, -0.2) is 18.6 Å². The van der Waals surface area contributed by atoms with Crippen molar-refractivity contribution >= 4 is 22.7 Å². The smallest absolute Gasteiger partial charge is 0.295 e. The van der Waals surface area contributed by atoms with Gasteiger partial charge in [0, 0.05) is 12.6 Å². The van der Waals surface area contributed by atoms with Gasteiger partial charge in [0.2, 0.25) is 0 Å². The predicted molar refractivity (Wildman–Crippen MR) is 76.1 cm³/mol. The summed E-state index contributed by atoms with van der Waals surface area (Å²) in [6.07, 6.45) is 0.736. The van der Waals surface area contributed by atoms with E-state index in [1.165, 1.54) is 13.2 Å². The summed E-state index contributed by atoms with van der Waals surface area (Å²) < 4.78 is 18.3. The maximum atomic E-state index is 13.5. The number of ether oxygens (including phenoxy) is 1. The van der Waals surface area contributed by atoms with E-state index < -0.39 is 10.7 Å². The van der Waals surface area contributed by atoms with Gasteiger partial charge in [-0.05, 0) is 28.8 Å². The average Bonchev–Trinajstić information content (AvgIpc) is 2.93. The van der Waals surface area contributed by atoms with Crippen molar-refractivity contribution in [2.45, 2.75) is 6.42 Å². The molecule has 5 nitrogen and oxygen atoms in total. The lowest BCUT2D eigenvalue weighted by atomic mass is 10.2. The highest BCUT2D eigenvalue weighted by Crippen LogP contribution is 2.31. The van der Waals surface area contributed by atoms with Crippen LogP contribution in [0.4, 0.5) is 15.8 Å². The number of halogens is 1. The Bertz CT molecular complexity index is 602. The zero-order valence-corrected chi connectivity index (χ0v) is 11.6. The minimum atomic E-state index is -0.748. The highest BCUT2D eigenvalue weighted by Gasteiger charge is 2.18. The van der Waals surface area contributed by atoms with Gasteiger partial charge in [0.15, 0.2) is 11.6 Å². The molecule has 1 heterocycles. The Morgan fingerprint density at radius 3 is 2.90 bits per heavy atom. The normalized spacial score (nSPS) is 10.3. The lowest BCUT2D eigenvalue weighted by Gasteiger charge is -2.09. The van der Waals surface area contributed by atoms with Crippen LogP contribution in [0.25, 0.3) is 0 Å². The number of anilines is 1. The molecule has 0 fully saturated rings. The van der Waals surface area contributed by atoms with E-state index in [1.54, 1.807) is 11.3 Å². The van der Waals surface area contributed by atoms with Gasteiger partial charge in [-0.25, -0.2) is 4.39 Å². The van der Waals surface area contributed by atoms with Crippen molar-refractivity contribution in [3.8, 4) is 5.75 Å². The molecule has 1 N–H and O–H groups in total. The summed E-state index contributed by atoms with van der Waals surface area (Å²) >= 11 is 1.60. The molecule has 0 radical (unpaired) electrons. The highest BCUT2D eigenvalue weighted by atomic mass is 32.1. The summed E-state index contributed by atoms with van der Waals surface area (Å²) in [6, 6.07) is 4.17. The molecule has 0 saturated heterocycles. The standard InChI is InChI=1S/C13H13FN2O3S/c1-19-13-7-11(12(16(17)18)6-10(13)14)15-4-2-9-3-5-20-8-9/h3,5-8,15H,2,4H2,1H3. The predicted octanol–water partition coefficient (Wildman–Crippen LogP) is 3.46. The summed E-state index contributed by atoms with van der Waals surface area (Å²) in [5.74, 6) is -0.767. The fourth-order valence-electron chi connectivity index (χ4n) is 1.77. The van der Waals surface area contributed by atoms with Gasteiger partial charge in [-0.3, -0.25) is 10.1 Å². The van der Waals surface area contributed by atoms with E-state index in [0.29, 0.717) is 6.54 Å². The first kappa shape index (κ1) is 14.3. The fraction of sp³-hybridized carbons (Fsp3) is 0.231. The van der Waals surface area contributed by atoms with Crippen LogP contribution >= 0.6 is 11.3 Å². The molecule has 0 bridgehead atoms. The van der Waals surface area contributed by atoms with Crippen LogP contribution in [0.15, 0.2) is 29.0 Å². The number of nitrogens with zero attached hydrogens (tertiary/aromatic N) is 1. The molecule has 7 heteroatoms. The number of nitro groups is 1. The largest absolute Gasteiger partial charge is 0.494 e. The molecular formula is C13H13FN2O3S. The van der Waals surface area contributed by atoms with E-state index in [9.17, 15) is 14.5 Å². The quantitative estimate of drug-likeness (QED) is 0.655. The summed E-state index contributed by atoms with van der Waals surface area (Å²) in [4.78, 5) is 10.3. The van der Waals surface area contributed by atoms with E-state index in [4.69, 9.17) is 4.74 Å². The van der Waals surface area contributed by atoms with Crippen LogP contribution in [0, 0.1) is 15.9 Å². The van der Waals surface area contributed by atoms with E-state index in [2.05, 4.69) is 5.32 Å². The van der Waals surface area contributed by atoms with Crippen LogP contribution in [0.1, 0.15) is 5.56 Å². The summed E-state index contributed by atoms with van der Waals surface area (Å²) in [5, 5.41) is 17.9. The summed E-state index contributed by atoms with van der Waals surface area (Å²) in [5.41, 5.74) is 1.11. The van der Waals surface area contributed by atoms with Gasteiger partial charge in [0.25, 0.3) is 5.69 Å². The molecule has 0 aliphatic heterocycles. The molecule has 0 saturated carbocycles. The van der Waals surface area contributed by atoms with Crippen LogP contribution in [0.2, 0.25) is 0 Å². The summed E-state index contributed by atoms with van der Waals surface area (Å²) in [7, 11) is 1.32. The number of nitrogens with one attached hydrogen (secondary N) is 1. The molecular weight excluding hydrogens is 283 g/mol. The van der Waals surface area contributed by atoms with E-state index in [1.807, 2.05) is 16.8 Å². The fourth-order valence-corrected chi connectivity index (χ4v) is 2.47. The molecule has 1 aromatic carbocycles. The van der Waals surface area contributed by atoms with Crippen molar-refractivity contribution in [2.24, 2.45) is 0 Å². The monoisotopic (exact) mass is 296 g/mol. The zero-order valence-electron chi connectivity index (χ0n) is 10.8. The van der Waals surface area contributed by atoms with Gasteiger partial charge in [-0.1, -0.05) is 0 Å². The first-order valence-electron chi connectivity index (χ1n) is 5.88. The lowest BCUT2D eigenvalue weighted by molar-refractivity contribution is -0.384. The van der Waals surface area contributed by atoms with Crippen molar-refractivity contribution in [1.82, 2.24) is 0 Å². The Labute approximate surface area is 119 Å². The second kappa shape index (κ2) is 6.33. The van der Waals surface area contributed by atoms with E-state index in [0.717, 1.165) is 18.1 Å². The van der Waals surface area contributed by atoms with Crippen molar-refractivity contribution < 1.29 is 14.1 Å². The van der Waals surface area contributed by atoms with Crippen molar-refractivity contribution in [3.63, 3.8) is 0 Å². The molecule has 2 rings (SSSR count). The Morgan fingerprint density at radius 1 is 1.50 bits per heavy atom. The molecule has 0 aliphatic rings. The molecule has 0 unspecified atom stereocenters. The molecule has 0 amide bonds. The molecule has 2 aromatic rings. The first-order valence-corrected chi connectivity index (χ1v) is 6.83. The van der Waals surface area contributed by atoms with Gasteiger partial charge < -0.3 is 10.1 Å². The average molecular weight is 296 g/mol. The SMILES string of the molecule is COc1cc(NCCc2ccsc2)c([N+](=O)[O-])cc1F. The number of nitro benzene ring substituents is 1. The van der Waals surface area contributed by atoms with Gasteiger partial charge in [-0.15, -0.1) is 0 Å². The van der Waals surface area contributed by atoms with Crippen LogP contribution in [-0.2, 0) is 6.42 Å². The van der Waals surface area contributed by atoms with Gasteiger partial charge >= 0.3 is 0 Å². The minimum absolute atomic E-state index is 0.0198. The third-order valence-corrected chi connectivity index (χ3v) is 3.51. The molecule has 0 spiro atoms. The lowest BCUT2D eigenvalue weighted by Crippen LogP contribution is -2.07. The van der Waals surface area contributed by atoms with Gasteiger partial charge in [-0.2, -0.15) is 11.3 Å². The van der Waals surface area contributed by atoms with Crippen LogP contribution in [0.5, 0.6) is 5.75 Å².